The highest BCUT2D eigenvalue weighted by atomic mass is 19.1. The van der Waals surface area contributed by atoms with E-state index < -0.39 is 39.3 Å². The van der Waals surface area contributed by atoms with Crippen LogP contribution in [0.25, 0.3) is 0 Å². The number of hydrogen-bond donors (Lipinski definition) is 1. The van der Waals surface area contributed by atoms with E-state index in [0.29, 0.717) is 11.6 Å². The second-order valence-electron chi connectivity index (χ2n) is 5.51. The van der Waals surface area contributed by atoms with Crippen LogP contribution in [-0.2, 0) is 26.2 Å². The summed E-state index contributed by atoms with van der Waals surface area (Å²) < 4.78 is 19.5. The minimum atomic E-state index is -2.36. The quantitative estimate of drug-likeness (QED) is 0.352. The molecule has 0 aliphatic heterocycles. The maximum absolute atomic E-state index is 14.6. The van der Waals surface area contributed by atoms with Crippen molar-refractivity contribution >= 4 is 17.6 Å². The molecule has 2 aromatic carbocycles. The van der Waals surface area contributed by atoms with Crippen molar-refractivity contribution in [3.63, 3.8) is 0 Å². The molecular weight excluding hydrogens is 345 g/mol. The number of nitro groups is 1. The molecule has 0 aliphatic carbocycles. The molecule has 26 heavy (non-hydrogen) atoms. The predicted molar refractivity (Wildman–Crippen MR) is 89.1 cm³/mol. The first-order chi connectivity index (χ1) is 12.3. The Morgan fingerprint density at radius 1 is 1.23 bits per heavy atom. The summed E-state index contributed by atoms with van der Waals surface area (Å²) in [6.45, 7) is 1.40. The van der Waals surface area contributed by atoms with Crippen molar-refractivity contribution < 1.29 is 28.7 Å². The number of esters is 1. The SMILES string of the molecule is CCOC(=O)C(Cc1ccccc1)(C(=O)O)c1ccc([N+](=O)[O-])cc1F. The first kappa shape index (κ1) is 19.0. The number of carboxylic acid groups (broad SMARTS) is 1. The van der Waals surface area contributed by atoms with Gasteiger partial charge in [-0.05, 0) is 18.6 Å². The average Bonchev–Trinajstić information content (AvgIpc) is 2.60. The van der Waals surface area contributed by atoms with Crippen LogP contribution in [-0.4, -0.2) is 28.6 Å². The van der Waals surface area contributed by atoms with E-state index in [4.69, 9.17) is 4.74 Å². The van der Waals surface area contributed by atoms with Gasteiger partial charge in [-0.1, -0.05) is 30.3 Å². The second-order valence-corrected chi connectivity index (χ2v) is 5.51. The zero-order valence-corrected chi connectivity index (χ0v) is 13.8. The lowest BCUT2D eigenvalue weighted by Crippen LogP contribution is -2.47. The van der Waals surface area contributed by atoms with Crippen LogP contribution in [0.2, 0.25) is 0 Å². The number of halogens is 1. The Balaban J connectivity index is 2.68. The van der Waals surface area contributed by atoms with Gasteiger partial charge in [-0.15, -0.1) is 0 Å². The molecule has 0 aliphatic rings. The van der Waals surface area contributed by atoms with Crippen molar-refractivity contribution in [2.75, 3.05) is 6.61 Å². The molecule has 0 saturated heterocycles. The minimum Gasteiger partial charge on any atom is -0.480 e. The van der Waals surface area contributed by atoms with Gasteiger partial charge in [0.15, 0.2) is 5.41 Å². The lowest BCUT2D eigenvalue weighted by molar-refractivity contribution is -0.385. The Morgan fingerprint density at radius 3 is 2.38 bits per heavy atom. The molecule has 0 heterocycles. The summed E-state index contributed by atoms with van der Waals surface area (Å²) in [6, 6.07) is 10.7. The van der Waals surface area contributed by atoms with E-state index in [1.165, 1.54) is 6.92 Å². The summed E-state index contributed by atoms with van der Waals surface area (Å²) in [6.07, 6.45) is -0.364. The molecule has 7 nitrogen and oxygen atoms in total. The molecule has 0 aromatic heterocycles. The summed E-state index contributed by atoms with van der Waals surface area (Å²) in [4.78, 5) is 34.7. The Labute approximate surface area is 148 Å². The van der Waals surface area contributed by atoms with Crippen LogP contribution in [0.4, 0.5) is 10.1 Å². The van der Waals surface area contributed by atoms with E-state index in [0.717, 1.165) is 12.1 Å². The molecule has 0 saturated carbocycles. The molecule has 1 atom stereocenters. The van der Waals surface area contributed by atoms with Crippen LogP contribution in [0, 0.1) is 15.9 Å². The summed E-state index contributed by atoms with van der Waals surface area (Å²) in [7, 11) is 0. The molecule has 0 spiro atoms. The van der Waals surface area contributed by atoms with Gasteiger partial charge >= 0.3 is 11.9 Å². The Bertz CT molecular complexity index is 839. The molecule has 2 aromatic rings. The summed E-state index contributed by atoms with van der Waals surface area (Å²) in [5, 5.41) is 20.6. The van der Waals surface area contributed by atoms with Gasteiger partial charge in [0.25, 0.3) is 5.69 Å². The standard InChI is InChI=1S/C18H16FNO6/c1-2-26-17(23)18(16(21)22,11-12-6-4-3-5-7-12)14-9-8-13(20(24)25)10-15(14)19/h3-10H,2,11H2,1H3,(H,21,22). The molecule has 1 unspecified atom stereocenters. The Morgan fingerprint density at radius 2 is 1.88 bits per heavy atom. The summed E-state index contributed by atoms with van der Waals surface area (Å²) in [5.74, 6) is -3.90. The fraction of sp³-hybridized carbons (Fsp3) is 0.222. The van der Waals surface area contributed by atoms with Crippen LogP contribution < -0.4 is 0 Å². The van der Waals surface area contributed by atoms with Gasteiger partial charge in [0.1, 0.15) is 5.82 Å². The van der Waals surface area contributed by atoms with Crippen LogP contribution in [0.15, 0.2) is 48.5 Å². The number of nitrogens with zero attached hydrogens (tertiary/aromatic N) is 1. The van der Waals surface area contributed by atoms with Crippen molar-refractivity contribution in [3.8, 4) is 0 Å². The fourth-order valence-corrected chi connectivity index (χ4v) is 2.68. The van der Waals surface area contributed by atoms with Gasteiger partial charge in [0, 0.05) is 18.1 Å². The van der Waals surface area contributed by atoms with E-state index in [1.807, 2.05) is 0 Å². The molecular formula is C18H16FNO6. The van der Waals surface area contributed by atoms with Crippen LogP contribution in [0.1, 0.15) is 18.1 Å². The highest BCUT2D eigenvalue weighted by Gasteiger charge is 2.51. The maximum Gasteiger partial charge on any atom is 0.328 e. The zero-order valence-electron chi connectivity index (χ0n) is 13.8. The molecule has 0 radical (unpaired) electrons. The number of aliphatic carboxylic acids is 1. The van der Waals surface area contributed by atoms with E-state index in [2.05, 4.69) is 0 Å². The number of carbonyl (C=O) groups is 2. The number of benzene rings is 2. The fourth-order valence-electron chi connectivity index (χ4n) is 2.68. The summed E-state index contributed by atoms with van der Waals surface area (Å²) >= 11 is 0. The van der Waals surface area contributed by atoms with Crippen molar-refractivity contribution in [1.29, 1.82) is 0 Å². The van der Waals surface area contributed by atoms with Crippen molar-refractivity contribution in [3.05, 3.63) is 75.6 Å². The number of hydrogen-bond acceptors (Lipinski definition) is 5. The smallest absolute Gasteiger partial charge is 0.328 e. The van der Waals surface area contributed by atoms with E-state index in [-0.39, 0.29) is 13.0 Å². The van der Waals surface area contributed by atoms with Gasteiger partial charge in [0.2, 0.25) is 0 Å². The van der Waals surface area contributed by atoms with Gasteiger partial charge < -0.3 is 9.84 Å². The Hall–Kier alpha value is -3.29. The number of nitro benzene ring substituents is 1. The predicted octanol–water partition coefficient (Wildman–Crippen LogP) is 2.86. The number of non-ortho nitro benzene ring substituents is 1. The number of carboxylic acids is 1. The molecule has 1 N–H and O–H groups in total. The molecule has 136 valence electrons. The molecule has 0 fully saturated rings. The minimum absolute atomic E-state index is 0.0999. The Kier molecular flexibility index (Phi) is 5.66. The van der Waals surface area contributed by atoms with E-state index in [1.54, 1.807) is 30.3 Å². The van der Waals surface area contributed by atoms with E-state index >= 15 is 0 Å². The third kappa shape index (κ3) is 3.53. The largest absolute Gasteiger partial charge is 0.480 e. The third-order valence-electron chi connectivity index (χ3n) is 3.92. The lowest BCUT2D eigenvalue weighted by atomic mass is 9.75. The van der Waals surface area contributed by atoms with Gasteiger partial charge in [0.05, 0.1) is 17.6 Å². The molecule has 2 rings (SSSR count). The summed E-state index contributed by atoms with van der Waals surface area (Å²) in [5.41, 5.74) is -2.93. The normalized spacial score (nSPS) is 12.8. The molecule has 0 amide bonds. The number of rotatable bonds is 7. The van der Waals surface area contributed by atoms with Crippen molar-refractivity contribution in [1.82, 2.24) is 0 Å². The third-order valence-corrected chi connectivity index (χ3v) is 3.92. The van der Waals surface area contributed by atoms with Crippen LogP contribution >= 0.6 is 0 Å². The van der Waals surface area contributed by atoms with Gasteiger partial charge in [-0.2, -0.15) is 0 Å². The lowest BCUT2D eigenvalue weighted by Gasteiger charge is -2.28. The zero-order chi connectivity index (χ0) is 19.3. The molecule has 0 bridgehead atoms. The molecule has 8 heteroatoms. The first-order valence-electron chi connectivity index (χ1n) is 7.72. The van der Waals surface area contributed by atoms with Crippen LogP contribution in [0.3, 0.4) is 0 Å². The van der Waals surface area contributed by atoms with Gasteiger partial charge in [-0.25, -0.2) is 4.39 Å². The van der Waals surface area contributed by atoms with Crippen LogP contribution in [0.5, 0.6) is 0 Å². The van der Waals surface area contributed by atoms with E-state index in [9.17, 15) is 29.2 Å². The number of carbonyl (C=O) groups excluding carboxylic acids is 1. The highest BCUT2D eigenvalue weighted by Crippen LogP contribution is 2.34. The van der Waals surface area contributed by atoms with Crippen molar-refractivity contribution in [2.45, 2.75) is 18.8 Å². The highest BCUT2D eigenvalue weighted by molar-refractivity contribution is 6.06. The number of ether oxygens (including phenoxy) is 1. The topological polar surface area (TPSA) is 107 Å². The monoisotopic (exact) mass is 361 g/mol. The average molecular weight is 361 g/mol. The second kappa shape index (κ2) is 7.73. The first-order valence-corrected chi connectivity index (χ1v) is 7.72. The van der Waals surface area contributed by atoms with Crippen molar-refractivity contribution in [2.24, 2.45) is 0 Å². The van der Waals surface area contributed by atoms with Gasteiger partial charge in [-0.3, -0.25) is 19.7 Å². The maximum atomic E-state index is 14.6.